The van der Waals surface area contributed by atoms with Crippen molar-refractivity contribution < 1.29 is 8.78 Å². The second kappa shape index (κ2) is 9.31. The average molecular weight is 425 g/mol. The molecule has 1 aliphatic carbocycles. The molecule has 4 rings (SSSR count). The molecule has 0 heterocycles. The second-order valence-electron chi connectivity index (χ2n) is 8.64. The van der Waals surface area contributed by atoms with Gasteiger partial charge in [-0.3, -0.25) is 0 Å². The Labute approximate surface area is 182 Å². The highest BCUT2D eigenvalue weighted by molar-refractivity contribution is 6.31. The predicted octanol–water partition coefficient (Wildman–Crippen LogP) is 8.75. The van der Waals surface area contributed by atoms with E-state index in [4.69, 9.17) is 11.6 Å². The van der Waals surface area contributed by atoms with Crippen molar-refractivity contribution in [2.75, 3.05) is 0 Å². The van der Waals surface area contributed by atoms with E-state index in [1.54, 1.807) is 0 Å². The smallest absolute Gasteiger partial charge is 0.145 e. The first-order valence-corrected chi connectivity index (χ1v) is 11.2. The third-order valence-electron chi connectivity index (χ3n) is 6.60. The van der Waals surface area contributed by atoms with Crippen molar-refractivity contribution in [2.45, 2.75) is 50.9 Å². The Morgan fingerprint density at radius 2 is 1.43 bits per heavy atom. The molecule has 30 heavy (non-hydrogen) atoms. The molecular formula is C27H27ClF2. The van der Waals surface area contributed by atoms with Crippen LogP contribution < -0.4 is 0 Å². The summed E-state index contributed by atoms with van der Waals surface area (Å²) in [6, 6.07) is 21.5. The molecule has 1 atom stereocenters. The van der Waals surface area contributed by atoms with Crippen molar-refractivity contribution in [3.8, 4) is 11.1 Å². The lowest BCUT2D eigenvalue weighted by atomic mass is 9.75. The van der Waals surface area contributed by atoms with Crippen LogP contribution in [0, 0.1) is 17.6 Å². The summed E-state index contributed by atoms with van der Waals surface area (Å²) in [5.41, 5.74) is 4.08. The Morgan fingerprint density at radius 3 is 2.03 bits per heavy atom. The fourth-order valence-corrected chi connectivity index (χ4v) is 4.93. The molecule has 1 unspecified atom stereocenters. The monoisotopic (exact) mass is 424 g/mol. The van der Waals surface area contributed by atoms with Gasteiger partial charge in [0.1, 0.15) is 16.7 Å². The van der Waals surface area contributed by atoms with E-state index in [9.17, 15) is 8.78 Å². The van der Waals surface area contributed by atoms with Crippen LogP contribution in [0.15, 0.2) is 66.7 Å². The Bertz CT molecular complexity index is 950. The summed E-state index contributed by atoms with van der Waals surface area (Å²) < 4.78 is 27.5. The van der Waals surface area contributed by atoms with Gasteiger partial charge in [-0.2, -0.15) is 0 Å². The summed E-state index contributed by atoms with van der Waals surface area (Å²) in [7, 11) is 0. The van der Waals surface area contributed by atoms with Gasteiger partial charge in [0, 0.05) is 0 Å². The number of hydrogen-bond acceptors (Lipinski definition) is 0. The molecule has 0 spiro atoms. The average Bonchev–Trinajstić information content (AvgIpc) is 2.78. The Morgan fingerprint density at radius 1 is 0.833 bits per heavy atom. The predicted molar refractivity (Wildman–Crippen MR) is 121 cm³/mol. The molecule has 1 saturated carbocycles. The zero-order valence-electron chi connectivity index (χ0n) is 17.3. The first kappa shape index (κ1) is 21.1. The number of benzene rings is 3. The summed E-state index contributed by atoms with van der Waals surface area (Å²) in [5, 5.41) is -0.450. The fraction of sp³-hybridized carbons (Fsp3) is 0.333. The zero-order chi connectivity index (χ0) is 21.1. The molecule has 0 aliphatic heterocycles. The van der Waals surface area contributed by atoms with E-state index in [0.717, 1.165) is 11.5 Å². The van der Waals surface area contributed by atoms with Crippen molar-refractivity contribution in [3.63, 3.8) is 0 Å². The van der Waals surface area contributed by atoms with Crippen LogP contribution in [0.2, 0.25) is 5.02 Å². The van der Waals surface area contributed by atoms with E-state index >= 15 is 0 Å². The molecule has 0 saturated heterocycles. The van der Waals surface area contributed by atoms with Crippen molar-refractivity contribution in [1.82, 2.24) is 0 Å². The van der Waals surface area contributed by atoms with Crippen molar-refractivity contribution in [1.29, 1.82) is 0 Å². The maximum atomic E-state index is 13.8. The fourth-order valence-electron chi connectivity index (χ4n) is 4.82. The van der Waals surface area contributed by atoms with Crippen LogP contribution in [-0.4, -0.2) is 0 Å². The normalized spacial score (nSPS) is 20.1. The lowest BCUT2D eigenvalue weighted by Crippen LogP contribution is -2.15. The largest absolute Gasteiger partial charge is 0.205 e. The summed E-state index contributed by atoms with van der Waals surface area (Å²) in [6.45, 7) is 2.34. The van der Waals surface area contributed by atoms with E-state index in [2.05, 4.69) is 49.4 Å². The lowest BCUT2D eigenvalue weighted by molar-refractivity contribution is 0.297. The molecule has 1 aliphatic rings. The van der Waals surface area contributed by atoms with E-state index in [0.29, 0.717) is 17.4 Å². The summed E-state index contributed by atoms with van der Waals surface area (Å²) in [6.07, 6.45) is 6.18. The van der Waals surface area contributed by atoms with Gasteiger partial charge in [-0.05, 0) is 84.2 Å². The molecule has 0 aromatic heterocycles. The van der Waals surface area contributed by atoms with Crippen molar-refractivity contribution in [3.05, 3.63) is 94.5 Å². The van der Waals surface area contributed by atoms with Gasteiger partial charge < -0.3 is 0 Å². The minimum atomic E-state index is -0.723. The maximum absolute atomic E-state index is 13.8. The lowest BCUT2D eigenvalue weighted by Gasteiger charge is -2.30. The van der Waals surface area contributed by atoms with Gasteiger partial charge in [-0.15, -0.1) is 0 Å². The van der Waals surface area contributed by atoms with Crippen LogP contribution in [0.3, 0.4) is 0 Å². The molecule has 3 aromatic rings. The molecule has 0 N–H and O–H groups in total. The quantitative estimate of drug-likeness (QED) is 0.359. The highest BCUT2D eigenvalue weighted by Crippen LogP contribution is 2.40. The third kappa shape index (κ3) is 4.75. The molecular weight excluding hydrogens is 398 g/mol. The van der Waals surface area contributed by atoms with Crippen LogP contribution in [0.25, 0.3) is 11.1 Å². The highest BCUT2D eigenvalue weighted by Gasteiger charge is 2.24. The molecule has 156 valence electrons. The second-order valence-corrected chi connectivity index (χ2v) is 9.02. The zero-order valence-corrected chi connectivity index (χ0v) is 18.0. The van der Waals surface area contributed by atoms with Crippen molar-refractivity contribution in [2.24, 2.45) is 5.92 Å². The standard InChI is InChI=1S/C27H27ClF2/c1-18(20-5-3-2-4-6-20)15-19-7-9-21(10-8-19)22-11-13-23(14-12-22)24-16-25(29)27(28)26(30)17-24/h2-6,11-14,16-19,21H,7-10,15H2,1H3. The number of rotatable bonds is 5. The third-order valence-corrected chi connectivity index (χ3v) is 6.96. The SMILES string of the molecule is CC(CC1CCC(c2ccc(-c3cc(F)c(Cl)c(F)c3)cc2)CC1)c1ccccc1. The van der Waals surface area contributed by atoms with Gasteiger partial charge in [-0.25, -0.2) is 8.78 Å². The minimum absolute atomic E-state index is 0.450. The Hall–Kier alpha value is -2.19. The highest BCUT2D eigenvalue weighted by atomic mass is 35.5. The maximum Gasteiger partial charge on any atom is 0.145 e. The van der Waals surface area contributed by atoms with E-state index in [-0.39, 0.29) is 0 Å². The van der Waals surface area contributed by atoms with Crippen LogP contribution in [0.1, 0.15) is 62.0 Å². The van der Waals surface area contributed by atoms with Gasteiger partial charge in [0.25, 0.3) is 0 Å². The Kier molecular flexibility index (Phi) is 6.53. The summed E-state index contributed by atoms with van der Waals surface area (Å²) >= 11 is 5.59. The molecule has 0 nitrogen and oxygen atoms in total. The first-order chi connectivity index (χ1) is 14.5. The summed E-state index contributed by atoms with van der Waals surface area (Å²) in [4.78, 5) is 0. The van der Waals surface area contributed by atoms with E-state index < -0.39 is 16.7 Å². The number of halogens is 3. The number of hydrogen-bond donors (Lipinski definition) is 0. The molecule has 0 amide bonds. The Balaban J connectivity index is 1.36. The van der Waals surface area contributed by atoms with Crippen LogP contribution in [0.5, 0.6) is 0 Å². The molecule has 0 bridgehead atoms. The van der Waals surface area contributed by atoms with Gasteiger partial charge in [0.2, 0.25) is 0 Å². The van der Waals surface area contributed by atoms with Gasteiger partial charge in [-0.1, -0.05) is 73.1 Å². The molecule has 3 heteroatoms. The van der Waals surface area contributed by atoms with Crippen LogP contribution in [-0.2, 0) is 0 Å². The van der Waals surface area contributed by atoms with Crippen LogP contribution in [0.4, 0.5) is 8.78 Å². The molecule has 1 fully saturated rings. The van der Waals surface area contributed by atoms with Gasteiger partial charge >= 0.3 is 0 Å². The van der Waals surface area contributed by atoms with Gasteiger partial charge in [0.05, 0.1) is 0 Å². The van der Waals surface area contributed by atoms with Gasteiger partial charge in [0.15, 0.2) is 0 Å². The van der Waals surface area contributed by atoms with E-state index in [1.807, 2.05) is 12.1 Å². The van der Waals surface area contributed by atoms with Crippen molar-refractivity contribution >= 4 is 11.6 Å². The van der Waals surface area contributed by atoms with Crippen LogP contribution >= 0.6 is 11.6 Å². The van der Waals surface area contributed by atoms with E-state index in [1.165, 1.54) is 55.4 Å². The minimum Gasteiger partial charge on any atom is -0.205 e. The summed E-state index contributed by atoms with van der Waals surface area (Å²) in [5.74, 6) is 0.515. The molecule has 0 radical (unpaired) electrons. The topological polar surface area (TPSA) is 0 Å². The molecule has 3 aromatic carbocycles. The first-order valence-electron chi connectivity index (χ1n) is 10.8.